The van der Waals surface area contributed by atoms with E-state index < -0.39 is 0 Å². The molecule has 0 unspecified atom stereocenters. The number of hydrogen-bond acceptors (Lipinski definition) is 3. The van der Waals surface area contributed by atoms with Gasteiger partial charge in [0.05, 0.1) is 11.3 Å². The monoisotopic (exact) mass is 424 g/mol. The molecule has 2 aromatic heterocycles. The van der Waals surface area contributed by atoms with Crippen LogP contribution in [0.1, 0.15) is 21.5 Å². The number of carbonyl (C=O) groups excluding carboxylic acids is 1. The van der Waals surface area contributed by atoms with Gasteiger partial charge in [0.2, 0.25) is 0 Å². The molecule has 0 N–H and O–H groups in total. The summed E-state index contributed by atoms with van der Waals surface area (Å²) in [6.45, 7) is 7.11. The van der Waals surface area contributed by atoms with Gasteiger partial charge in [-0.05, 0) is 43.7 Å². The van der Waals surface area contributed by atoms with Crippen molar-refractivity contribution in [3.8, 4) is 11.3 Å². The van der Waals surface area contributed by atoms with Gasteiger partial charge in [-0.2, -0.15) is 0 Å². The van der Waals surface area contributed by atoms with Crippen molar-refractivity contribution in [3.63, 3.8) is 0 Å². The summed E-state index contributed by atoms with van der Waals surface area (Å²) in [5.74, 6) is 1.08. The molecule has 5 nitrogen and oxygen atoms in total. The van der Waals surface area contributed by atoms with Crippen molar-refractivity contribution in [2.75, 3.05) is 31.1 Å². The molecular formula is C27H28N4O. The molecule has 0 aliphatic carbocycles. The largest absolute Gasteiger partial charge is 0.353 e. The molecule has 1 saturated heterocycles. The summed E-state index contributed by atoms with van der Waals surface area (Å²) in [5.41, 5.74) is 6.32. The van der Waals surface area contributed by atoms with E-state index in [1.54, 1.807) is 0 Å². The van der Waals surface area contributed by atoms with Gasteiger partial charge >= 0.3 is 0 Å². The van der Waals surface area contributed by atoms with Gasteiger partial charge < -0.3 is 14.4 Å². The maximum Gasteiger partial charge on any atom is 0.256 e. The first kappa shape index (κ1) is 20.3. The topological polar surface area (TPSA) is 41.4 Å². The van der Waals surface area contributed by atoms with Crippen LogP contribution in [0.5, 0.6) is 0 Å². The molecule has 162 valence electrons. The standard InChI is InChI=1S/C27H28N4O/c1-19-7-10-21(11-8-19)26-25(22-18-20(2)9-12-23(22)29(26)3)27(32)31-16-14-30(15-17-31)24-6-4-5-13-28-24/h4-13,18H,14-17H2,1-3H3. The summed E-state index contributed by atoms with van der Waals surface area (Å²) in [5, 5.41) is 1.03. The average molecular weight is 425 g/mol. The molecule has 1 fully saturated rings. The highest BCUT2D eigenvalue weighted by Gasteiger charge is 2.29. The Bertz CT molecular complexity index is 1270. The Morgan fingerprint density at radius 3 is 2.28 bits per heavy atom. The van der Waals surface area contributed by atoms with Crippen molar-refractivity contribution in [3.05, 3.63) is 83.6 Å². The summed E-state index contributed by atoms with van der Waals surface area (Å²) in [6.07, 6.45) is 1.82. The third kappa shape index (κ3) is 3.54. The lowest BCUT2D eigenvalue weighted by Crippen LogP contribution is -2.49. The van der Waals surface area contributed by atoms with Crippen molar-refractivity contribution >= 4 is 22.6 Å². The van der Waals surface area contributed by atoms with Crippen molar-refractivity contribution in [2.45, 2.75) is 13.8 Å². The molecule has 0 saturated carbocycles. The van der Waals surface area contributed by atoms with Crippen LogP contribution in [0, 0.1) is 13.8 Å². The smallest absolute Gasteiger partial charge is 0.256 e. The fourth-order valence-corrected chi connectivity index (χ4v) is 4.66. The van der Waals surface area contributed by atoms with Crippen LogP contribution in [0.4, 0.5) is 5.82 Å². The molecule has 1 aliphatic heterocycles. The fourth-order valence-electron chi connectivity index (χ4n) is 4.66. The van der Waals surface area contributed by atoms with E-state index in [9.17, 15) is 4.79 Å². The van der Waals surface area contributed by atoms with Crippen LogP contribution in [0.3, 0.4) is 0 Å². The van der Waals surface area contributed by atoms with Crippen LogP contribution < -0.4 is 4.90 Å². The van der Waals surface area contributed by atoms with Crippen LogP contribution in [-0.2, 0) is 7.05 Å². The van der Waals surface area contributed by atoms with Gasteiger partial charge in [0.25, 0.3) is 5.91 Å². The van der Waals surface area contributed by atoms with E-state index in [-0.39, 0.29) is 5.91 Å². The van der Waals surface area contributed by atoms with Gasteiger partial charge in [-0.25, -0.2) is 4.98 Å². The zero-order valence-electron chi connectivity index (χ0n) is 18.9. The molecule has 2 aromatic carbocycles. The van der Waals surface area contributed by atoms with Crippen LogP contribution in [0.15, 0.2) is 66.9 Å². The third-order valence-corrected chi connectivity index (χ3v) is 6.43. The predicted octanol–water partition coefficient (Wildman–Crippen LogP) is 4.82. The molecule has 5 heteroatoms. The molecule has 3 heterocycles. The van der Waals surface area contributed by atoms with Gasteiger partial charge in [-0.15, -0.1) is 0 Å². The highest BCUT2D eigenvalue weighted by molar-refractivity contribution is 6.13. The molecule has 0 atom stereocenters. The second-order valence-corrected chi connectivity index (χ2v) is 8.64. The number of benzene rings is 2. The van der Waals surface area contributed by atoms with Crippen LogP contribution in [0.2, 0.25) is 0 Å². The first-order valence-corrected chi connectivity index (χ1v) is 11.1. The lowest BCUT2D eigenvalue weighted by Gasteiger charge is -2.35. The molecular weight excluding hydrogens is 396 g/mol. The van der Waals surface area contributed by atoms with Crippen LogP contribution in [0.25, 0.3) is 22.2 Å². The van der Waals surface area contributed by atoms with Crippen molar-refractivity contribution in [2.24, 2.45) is 7.05 Å². The van der Waals surface area contributed by atoms with E-state index in [4.69, 9.17) is 0 Å². The fraction of sp³-hybridized carbons (Fsp3) is 0.259. The van der Waals surface area contributed by atoms with Crippen LogP contribution >= 0.6 is 0 Å². The molecule has 0 spiro atoms. The van der Waals surface area contributed by atoms with Gasteiger partial charge in [0.1, 0.15) is 5.82 Å². The van der Waals surface area contributed by atoms with Crippen molar-refractivity contribution in [1.29, 1.82) is 0 Å². The van der Waals surface area contributed by atoms with Gasteiger partial charge in [0.15, 0.2) is 0 Å². The number of aromatic nitrogens is 2. The highest BCUT2D eigenvalue weighted by atomic mass is 16.2. The Morgan fingerprint density at radius 1 is 0.875 bits per heavy atom. The van der Waals surface area contributed by atoms with Crippen molar-refractivity contribution < 1.29 is 4.79 Å². The van der Waals surface area contributed by atoms with Gasteiger partial charge in [-0.3, -0.25) is 4.79 Å². The Balaban J connectivity index is 1.53. The number of fused-ring (bicyclic) bond motifs is 1. The molecule has 0 radical (unpaired) electrons. The third-order valence-electron chi connectivity index (χ3n) is 6.43. The summed E-state index contributed by atoms with van der Waals surface area (Å²) in [4.78, 5) is 22.6. The number of pyridine rings is 1. The zero-order chi connectivity index (χ0) is 22.2. The summed E-state index contributed by atoms with van der Waals surface area (Å²) in [7, 11) is 2.06. The number of nitrogens with zero attached hydrogens (tertiary/aromatic N) is 4. The molecule has 1 aliphatic rings. The number of anilines is 1. The summed E-state index contributed by atoms with van der Waals surface area (Å²) < 4.78 is 2.16. The minimum Gasteiger partial charge on any atom is -0.353 e. The van der Waals surface area contributed by atoms with E-state index in [1.807, 2.05) is 29.3 Å². The number of aryl methyl sites for hydroxylation is 3. The van der Waals surface area contributed by atoms with Gasteiger partial charge in [-0.1, -0.05) is 47.5 Å². The van der Waals surface area contributed by atoms with E-state index in [0.717, 1.165) is 52.2 Å². The molecule has 5 rings (SSSR count). The number of hydrogen-bond donors (Lipinski definition) is 0. The number of piperazine rings is 1. The average Bonchev–Trinajstić information content (AvgIpc) is 3.11. The lowest BCUT2D eigenvalue weighted by molar-refractivity contribution is 0.0749. The molecule has 0 bridgehead atoms. The maximum atomic E-state index is 13.9. The number of carbonyl (C=O) groups is 1. The first-order valence-electron chi connectivity index (χ1n) is 11.1. The van der Waals surface area contributed by atoms with E-state index >= 15 is 0 Å². The highest BCUT2D eigenvalue weighted by Crippen LogP contribution is 2.35. The summed E-state index contributed by atoms with van der Waals surface area (Å²) in [6, 6.07) is 20.8. The normalized spacial score (nSPS) is 14.2. The Hall–Kier alpha value is -3.60. The van der Waals surface area contributed by atoms with Crippen molar-refractivity contribution in [1.82, 2.24) is 14.5 Å². The second-order valence-electron chi connectivity index (χ2n) is 8.64. The minimum absolute atomic E-state index is 0.109. The Labute approximate surface area is 188 Å². The summed E-state index contributed by atoms with van der Waals surface area (Å²) >= 11 is 0. The lowest BCUT2D eigenvalue weighted by atomic mass is 10.0. The van der Waals surface area contributed by atoms with Crippen LogP contribution in [-0.4, -0.2) is 46.5 Å². The number of amides is 1. The van der Waals surface area contributed by atoms with Gasteiger partial charge in [0, 0.05) is 50.3 Å². The van der Waals surface area contributed by atoms with E-state index in [1.165, 1.54) is 5.56 Å². The SMILES string of the molecule is Cc1ccc(-c2c(C(=O)N3CCN(c4ccccn4)CC3)c3cc(C)ccc3n2C)cc1. The molecule has 32 heavy (non-hydrogen) atoms. The number of rotatable bonds is 3. The second kappa shape index (κ2) is 8.15. The van der Waals surface area contributed by atoms with E-state index in [2.05, 4.69) is 77.8 Å². The predicted molar refractivity (Wildman–Crippen MR) is 130 cm³/mol. The maximum absolute atomic E-state index is 13.9. The zero-order valence-corrected chi connectivity index (χ0v) is 18.9. The van der Waals surface area contributed by atoms with E-state index in [0.29, 0.717) is 13.1 Å². The Kier molecular flexibility index (Phi) is 5.17. The Morgan fingerprint density at radius 2 is 1.59 bits per heavy atom. The first-order chi connectivity index (χ1) is 15.5. The minimum atomic E-state index is 0.109. The molecule has 1 amide bonds. The quantitative estimate of drug-likeness (QED) is 0.474. The molecule has 4 aromatic rings.